The fourth-order valence-electron chi connectivity index (χ4n) is 3.28. The molecule has 0 aromatic heterocycles. The van der Waals surface area contributed by atoms with Crippen LogP contribution in [0.25, 0.3) is 0 Å². The first-order valence-electron chi connectivity index (χ1n) is 8.25. The van der Waals surface area contributed by atoms with Crippen LogP contribution in [0.4, 0.5) is 0 Å². The van der Waals surface area contributed by atoms with Crippen molar-refractivity contribution in [1.29, 1.82) is 0 Å². The molecule has 2 heteroatoms. The summed E-state index contributed by atoms with van der Waals surface area (Å²) >= 11 is 0. The number of likely N-dealkylation sites (tertiary alicyclic amines) is 1. The van der Waals surface area contributed by atoms with E-state index in [0.29, 0.717) is 0 Å². The first-order chi connectivity index (χ1) is 9.74. The summed E-state index contributed by atoms with van der Waals surface area (Å²) in [5, 5.41) is 11.1. The summed E-state index contributed by atoms with van der Waals surface area (Å²) in [6.45, 7) is 5.58. The van der Waals surface area contributed by atoms with Crippen LogP contribution in [0.5, 0.6) is 0 Å². The standard InChI is InChI=1S/C18H29NO/c1-2-12-18(20,17-10-6-5-7-11-17)13-16-19-14-8-3-4-9-15-19/h5-7,10-11,20H,2-4,8-9,12-16H2,1H3. The zero-order valence-corrected chi connectivity index (χ0v) is 12.9. The van der Waals surface area contributed by atoms with Crippen molar-refractivity contribution in [2.45, 2.75) is 57.5 Å². The van der Waals surface area contributed by atoms with Gasteiger partial charge in [0.05, 0.1) is 5.60 Å². The fourth-order valence-corrected chi connectivity index (χ4v) is 3.28. The zero-order valence-electron chi connectivity index (χ0n) is 12.9. The third-order valence-corrected chi connectivity index (χ3v) is 4.52. The minimum absolute atomic E-state index is 0.650. The van der Waals surface area contributed by atoms with Gasteiger partial charge in [-0.3, -0.25) is 0 Å². The molecule has 1 aromatic rings. The summed E-state index contributed by atoms with van der Waals surface area (Å²) < 4.78 is 0. The number of aliphatic hydroxyl groups is 1. The monoisotopic (exact) mass is 275 g/mol. The normalized spacial score (nSPS) is 20.3. The quantitative estimate of drug-likeness (QED) is 0.850. The Morgan fingerprint density at radius 1 is 1.00 bits per heavy atom. The minimum atomic E-state index is -0.650. The highest BCUT2D eigenvalue weighted by molar-refractivity contribution is 5.22. The number of nitrogens with zero attached hydrogens (tertiary/aromatic N) is 1. The summed E-state index contributed by atoms with van der Waals surface area (Å²) in [5.41, 5.74) is 0.430. The average molecular weight is 275 g/mol. The Kier molecular flexibility index (Phi) is 6.06. The summed E-state index contributed by atoms with van der Waals surface area (Å²) in [7, 11) is 0. The first kappa shape index (κ1) is 15.5. The molecule has 1 N–H and O–H groups in total. The Morgan fingerprint density at radius 3 is 2.25 bits per heavy atom. The van der Waals surface area contributed by atoms with Gasteiger partial charge < -0.3 is 10.0 Å². The van der Waals surface area contributed by atoms with Gasteiger partial charge in [0.15, 0.2) is 0 Å². The van der Waals surface area contributed by atoms with Gasteiger partial charge in [-0.05, 0) is 44.3 Å². The summed E-state index contributed by atoms with van der Waals surface area (Å²) in [6.07, 6.45) is 8.10. The van der Waals surface area contributed by atoms with E-state index in [9.17, 15) is 5.11 Å². The second kappa shape index (κ2) is 7.80. The molecule has 2 nitrogen and oxygen atoms in total. The van der Waals surface area contributed by atoms with E-state index in [-0.39, 0.29) is 0 Å². The molecule has 0 amide bonds. The molecule has 1 aliphatic rings. The van der Waals surface area contributed by atoms with Crippen molar-refractivity contribution < 1.29 is 5.11 Å². The van der Waals surface area contributed by atoms with Crippen molar-refractivity contribution in [2.24, 2.45) is 0 Å². The van der Waals surface area contributed by atoms with Gasteiger partial charge in [-0.2, -0.15) is 0 Å². The van der Waals surface area contributed by atoms with E-state index in [1.807, 2.05) is 18.2 Å². The van der Waals surface area contributed by atoms with Gasteiger partial charge in [0.1, 0.15) is 0 Å². The molecule has 1 fully saturated rings. The molecule has 0 spiro atoms. The average Bonchev–Trinajstić information content (AvgIpc) is 2.75. The van der Waals surface area contributed by atoms with Crippen molar-refractivity contribution in [3.63, 3.8) is 0 Å². The van der Waals surface area contributed by atoms with Gasteiger partial charge in [0.2, 0.25) is 0 Å². The Morgan fingerprint density at radius 2 is 1.65 bits per heavy atom. The number of hydrogen-bond acceptors (Lipinski definition) is 2. The Bertz CT molecular complexity index is 370. The van der Waals surface area contributed by atoms with Gasteiger partial charge in [-0.1, -0.05) is 56.5 Å². The molecule has 1 aromatic carbocycles. The molecule has 1 heterocycles. The largest absolute Gasteiger partial charge is 0.385 e. The van der Waals surface area contributed by atoms with E-state index in [0.717, 1.165) is 31.4 Å². The van der Waals surface area contributed by atoms with Gasteiger partial charge >= 0.3 is 0 Å². The van der Waals surface area contributed by atoms with Crippen molar-refractivity contribution in [2.75, 3.05) is 19.6 Å². The van der Waals surface area contributed by atoms with Crippen LogP contribution in [-0.4, -0.2) is 29.6 Å². The molecule has 1 unspecified atom stereocenters. The maximum atomic E-state index is 11.1. The third kappa shape index (κ3) is 4.32. The predicted octanol–water partition coefficient (Wildman–Crippen LogP) is 3.94. The Balaban J connectivity index is 1.97. The van der Waals surface area contributed by atoms with Crippen LogP contribution < -0.4 is 0 Å². The number of rotatable bonds is 6. The van der Waals surface area contributed by atoms with Crippen LogP contribution in [0.15, 0.2) is 30.3 Å². The van der Waals surface area contributed by atoms with Crippen LogP contribution in [0, 0.1) is 0 Å². The van der Waals surface area contributed by atoms with E-state index >= 15 is 0 Å². The molecule has 112 valence electrons. The van der Waals surface area contributed by atoms with Gasteiger partial charge in [0, 0.05) is 6.54 Å². The SMILES string of the molecule is CCCC(O)(CCN1CCCCCC1)c1ccccc1. The van der Waals surface area contributed by atoms with Crippen molar-refractivity contribution >= 4 is 0 Å². The van der Waals surface area contributed by atoms with Gasteiger partial charge in [-0.15, -0.1) is 0 Å². The first-order valence-corrected chi connectivity index (χ1v) is 8.25. The highest BCUT2D eigenvalue weighted by Crippen LogP contribution is 2.30. The highest BCUT2D eigenvalue weighted by atomic mass is 16.3. The minimum Gasteiger partial charge on any atom is -0.385 e. The molecule has 0 saturated carbocycles. The second-order valence-electron chi connectivity index (χ2n) is 6.15. The van der Waals surface area contributed by atoms with Gasteiger partial charge in [-0.25, -0.2) is 0 Å². The molecule has 0 radical (unpaired) electrons. The second-order valence-corrected chi connectivity index (χ2v) is 6.15. The lowest BCUT2D eigenvalue weighted by Crippen LogP contribution is -2.34. The number of hydrogen-bond donors (Lipinski definition) is 1. The van der Waals surface area contributed by atoms with Crippen LogP contribution in [0.2, 0.25) is 0 Å². The summed E-state index contributed by atoms with van der Waals surface area (Å²) in [5.74, 6) is 0. The molecule has 0 bridgehead atoms. The zero-order chi connectivity index (χ0) is 14.3. The molecule has 1 aliphatic heterocycles. The predicted molar refractivity (Wildman–Crippen MR) is 84.8 cm³/mol. The Hall–Kier alpha value is -0.860. The van der Waals surface area contributed by atoms with E-state index < -0.39 is 5.60 Å². The molecular weight excluding hydrogens is 246 g/mol. The number of benzene rings is 1. The van der Waals surface area contributed by atoms with E-state index in [4.69, 9.17) is 0 Å². The third-order valence-electron chi connectivity index (χ3n) is 4.52. The molecule has 2 rings (SSSR count). The molecule has 20 heavy (non-hydrogen) atoms. The molecular formula is C18H29NO. The summed E-state index contributed by atoms with van der Waals surface area (Å²) in [4.78, 5) is 2.54. The molecule has 1 saturated heterocycles. The van der Waals surface area contributed by atoms with Crippen LogP contribution in [0.1, 0.15) is 57.4 Å². The fraction of sp³-hybridized carbons (Fsp3) is 0.667. The maximum Gasteiger partial charge on any atom is 0.0908 e. The van der Waals surface area contributed by atoms with E-state index in [1.165, 1.54) is 38.8 Å². The topological polar surface area (TPSA) is 23.5 Å². The van der Waals surface area contributed by atoms with Crippen LogP contribution >= 0.6 is 0 Å². The lowest BCUT2D eigenvalue weighted by atomic mass is 9.86. The maximum absolute atomic E-state index is 11.1. The van der Waals surface area contributed by atoms with E-state index in [2.05, 4.69) is 24.0 Å². The highest BCUT2D eigenvalue weighted by Gasteiger charge is 2.28. The molecule has 1 atom stereocenters. The molecule has 0 aliphatic carbocycles. The van der Waals surface area contributed by atoms with Crippen molar-refractivity contribution in [1.82, 2.24) is 4.90 Å². The smallest absolute Gasteiger partial charge is 0.0908 e. The van der Waals surface area contributed by atoms with Crippen LogP contribution in [-0.2, 0) is 5.60 Å². The van der Waals surface area contributed by atoms with Crippen molar-refractivity contribution in [3.8, 4) is 0 Å². The lowest BCUT2D eigenvalue weighted by molar-refractivity contribution is 0.00826. The van der Waals surface area contributed by atoms with Crippen LogP contribution in [0.3, 0.4) is 0 Å². The van der Waals surface area contributed by atoms with Gasteiger partial charge in [0.25, 0.3) is 0 Å². The lowest BCUT2D eigenvalue weighted by Gasteiger charge is -2.31. The Labute approximate surface area is 123 Å². The van der Waals surface area contributed by atoms with E-state index in [1.54, 1.807) is 0 Å². The van der Waals surface area contributed by atoms with Crippen molar-refractivity contribution in [3.05, 3.63) is 35.9 Å². The summed E-state index contributed by atoms with van der Waals surface area (Å²) in [6, 6.07) is 10.2.